The highest BCUT2D eigenvalue weighted by molar-refractivity contribution is 6.07. The van der Waals surface area contributed by atoms with Gasteiger partial charge in [-0.3, -0.25) is 4.79 Å². The van der Waals surface area contributed by atoms with Crippen LogP contribution in [0, 0.1) is 13.8 Å². The first-order chi connectivity index (χ1) is 15.0. The molecule has 31 heavy (non-hydrogen) atoms. The summed E-state index contributed by atoms with van der Waals surface area (Å²) < 4.78 is 11.0. The smallest absolute Gasteiger partial charge is 0.272 e. The Balaban J connectivity index is 1.69. The third-order valence-electron chi connectivity index (χ3n) is 4.79. The zero-order valence-corrected chi connectivity index (χ0v) is 17.7. The van der Waals surface area contributed by atoms with Crippen LogP contribution in [0.3, 0.4) is 0 Å². The van der Waals surface area contributed by atoms with Crippen molar-refractivity contribution in [3.05, 3.63) is 83.3 Å². The van der Waals surface area contributed by atoms with Gasteiger partial charge in [0.15, 0.2) is 0 Å². The summed E-state index contributed by atoms with van der Waals surface area (Å²) in [5.74, 6) is 1.83. The Hall–Kier alpha value is -3.93. The Morgan fingerprint density at radius 3 is 2.61 bits per heavy atom. The van der Waals surface area contributed by atoms with Gasteiger partial charge in [-0.05, 0) is 75.4 Å². The third-order valence-corrected chi connectivity index (χ3v) is 4.79. The van der Waals surface area contributed by atoms with Crippen molar-refractivity contribution in [2.45, 2.75) is 20.8 Å². The third kappa shape index (κ3) is 4.64. The quantitative estimate of drug-likeness (QED) is 0.345. The molecule has 0 fully saturated rings. The molecule has 6 heteroatoms. The number of aromatic nitrogens is 1. The number of nitrogens with one attached hydrogen (secondary N) is 1. The molecular weight excluding hydrogens is 390 g/mol. The van der Waals surface area contributed by atoms with Gasteiger partial charge >= 0.3 is 0 Å². The molecule has 4 aromatic rings. The summed E-state index contributed by atoms with van der Waals surface area (Å²) in [7, 11) is 0. The van der Waals surface area contributed by atoms with Crippen LogP contribution in [0.15, 0.2) is 70.2 Å². The molecule has 1 amide bonds. The Kier molecular flexibility index (Phi) is 5.80. The standard InChI is InChI=1S/C25H23N3O3/c1-4-30-19-10-7-18(8-11-19)24-14-22(21-13-16(2)5-12-23(21)27-24)25(29)28-26-15-20-9-6-17(3)31-20/h5-15H,4H2,1-3H3,(H,28,29). The van der Waals surface area contributed by atoms with Crippen LogP contribution in [-0.4, -0.2) is 23.7 Å². The summed E-state index contributed by atoms with van der Waals surface area (Å²) in [6, 6.07) is 19.0. The summed E-state index contributed by atoms with van der Waals surface area (Å²) in [5.41, 5.74) is 6.49. The molecule has 0 aliphatic heterocycles. The fraction of sp³-hybridized carbons (Fsp3) is 0.160. The molecule has 2 aromatic heterocycles. The first-order valence-corrected chi connectivity index (χ1v) is 10.1. The van der Waals surface area contributed by atoms with Gasteiger partial charge < -0.3 is 9.15 Å². The normalized spacial score (nSPS) is 11.2. The van der Waals surface area contributed by atoms with Gasteiger partial charge in [-0.25, -0.2) is 10.4 Å². The molecule has 0 unspecified atom stereocenters. The lowest BCUT2D eigenvalue weighted by Gasteiger charge is -2.10. The summed E-state index contributed by atoms with van der Waals surface area (Å²) in [6.45, 7) is 6.39. The molecule has 4 rings (SSSR count). The van der Waals surface area contributed by atoms with Crippen molar-refractivity contribution < 1.29 is 13.9 Å². The monoisotopic (exact) mass is 413 g/mol. The summed E-state index contributed by atoms with van der Waals surface area (Å²) in [6.07, 6.45) is 1.48. The molecule has 0 saturated heterocycles. The van der Waals surface area contributed by atoms with Gasteiger partial charge in [0.05, 0.1) is 29.6 Å². The molecule has 0 atom stereocenters. The zero-order valence-electron chi connectivity index (χ0n) is 17.7. The van der Waals surface area contributed by atoms with E-state index >= 15 is 0 Å². The molecule has 0 saturated carbocycles. The molecule has 6 nitrogen and oxygen atoms in total. The van der Waals surface area contributed by atoms with Gasteiger partial charge in [0.2, 0.25) is 0 Å². The van der Waals surface area contributed by atoms with Crippen molar-refractivity contribution >= 4 is 23.0 Å². The van der Waals surface area contributed by atoms with E-state index in [9.17, 15) is 4.79 Å². The van der Waals surface area contributed by atoms with Gasteiger partial charge in [0, 0.05) is 10.9 Å². The second-order valence-electron chi connectivity index (χ2n) is 7.18. The van der Waals surface area contributed by atoms with Crippen LogP contribution in [0.1, 0.15) is 34.4 Å². The lowest BCUT2D eigenvalue weighted by atomic mass is 10.0. The minimum Gasteiger partial charge on any atom is -0.494 e. The van der Waals surface area contributed by atoms with E-state index in [1.807, 2.05) is 69.3 Å². The summed E-state index contributed by atoms with van der Waals surface area (Å²) >= 11 is 0. The van der Waals surface area contributed by atoms with Gasteiger partial charge in [0.1, 0.15) is 17.3 Å². The largest absolute Gasteiger partial charge is 0.494 e. The van der Waals surface area contributed by atoms with Gasteiger partial charge in [-0.2, -0.15) is 5.10 Å². The van der Waals surface area contributed by atoms with Crippen LogP contribution in [-0.2, 0) is 0 Å². The predicted molar refractivity (Wildman–Crippen MR) is 122 cm³/mol. The molecule has 1 N–H and O–H groups in total. The highest BCUT2D eigenvalue weighted by Gasteiger charge is 2.14. The van der Waals surface area contributed by atoms with E-state index in [0.29, 0.717) is 23.6 Å². The zero-order chi connectivity index (χ0) is 21.8. The number of fused-ring (bicyclic) bond motifs is 1. The van der Waals surface area contributed by atoms with Crippen molar-refractivity contribution in [1.29, 1.82) is 0 Å². The number of benzene rings is 2. The lowest BCUT2D eigenvalue weighted by Crippen LogP contribution is -2.18. The second kappa shape index (κ2) is 8.83. The highest BCUT2D eigenvalue weighted by Crippen LogP contribution is 2.27. The topological polar surface area (TPSA) is 76.7 Å². The van der Waals surface area contributed by atoms with E-state index in [4.69, 9.17) is 14.1 Å². The van der Waals surface area contributed by atoms with Crippen molar-refractivity contribution in [3.63, 3.8) is 0 Å². The van der Waals surface area contributed by atoms with Crippen LogP contribution < -0.4 is 10.2 Å². The number of hydrogen-bond donors (Lipinski definition) is 1. The number of amides is 1. The minimum atomic E-state index is -0.315. The van der Waals surface area contributed by atoms with Gasteiger partial charge in [0.25, 0.3) is 5.91 Å². The van der Waals surface area contributed by atoms with Crippen molar-refractivity contribution in [3.8, 4) is 17.0 Å². The van der Waals surface area contributed by atoms with Crippen molar-refractivity contribution in [2.75, 3.05) is 6.61 Å². The molecular formula is C25H23N3O3. The van der Waals surface area contributed by atoms with Gasteiger partial charge in [-0.1, -0.05) is 11.6 Å². The number of carbonyl (C=O) groups is 1. The highest BCUT2D eigenvalue weighted by atomic mass is 16.5. The van der Waals surface area contributed by atoms with Crippen LogP contribution in [0.4, 0.5) is 0 Å². The maximum absolute atomic E-state index is 13.0. The average Bonchev–Trinajstić information content (AvgIpc) is 3.18. The molecule has 156 valence electrons. The van der Waals surface area contributed by atoms with E-state index in [2.05, 4.69) is 10.5 Å². The lowest BCUT2D eigenvalue weighted by molar-refractivity contribution is 0.0956. The molecule has 0 bridgehead atoms. The SMILES string of the molecule is CCOc1ccc(-c2cc(C(=O)NN=Cc3ccc(C)o3)c3cc(C)ccc3n2)cc1. The minimum absolute atomic E-state index is 0.315. The first-order valence-electron chi connectivity index (χ1n) is 10.1. The fourth-order valence-electron chi connectivity index (χ4n) is 3.30. The molecule has 0 aliphatic rings. The first kappa shape index (κ1) is 20.3. The molecule has 2 aromatic carbocycles. The van der Waals surface area contributed by atoms with Gasteiger partial charge in [-0.15, -0.1) is 0 Å². The maximum atomic E-state index is 13.0. The van der Waals surface area contributed by atoms with E-state index in [-0.39, 0.29) is 5.91 Å². The molecule has 2 heterocycles. The number of hydrogen-bond acceptors (Lipinski definition) is 5. The number of aryl methyl sites for hydroxylation is 2. The molecule has 0 radical (unpaired) electrons. The van der Waals surface area contributed by atoms with Crippen LogP contribution in [0.2, 0.25) is 0 Å². The Bertz CT molecular complexity index is 1260. The van der Waals surface area contributed by atoms with Crippen LogP contribution in [0.5, 0.6) is 5.75 Å². The van der Waals surface area contributed by atoms with E-state index in [0.717, 1.165) is 33.5 Å². The van der Waals surface area contributed by atoms with Crippen molar-refractivity contribution in [2.24, 2.45) is 5.10 Å². The average molecular weight is 413 g/mol. The van der Waals surface area contributed by atoms with Crippen LogP contribution in [0.25, 0.3) is 22.2 Å². The van der Waals surface area contributed by atoms with Crippen molar-refractivity contribution in [1.82, 2.24) is 10.4 Å². The maximum Gasteiger partial charge on any atom is 0.272 e. The van der Waals surface area contributed by atoms with E-state index in [1.165, 1.54) is 6.21 Å². The number of furan rings is 1. The Morgan fingerprint density at radius 2 is 1.90 bits per heavy atom. The number of rotatable bonds is 6. The summed E-state index contributed by atoms with van der Waals surface area (Å²) in [5, 5.41) is 4.81. The second-order valence-corrected chi connectivity index (χ2v) is 7.18. The number of hydrazone groups is 1. The number of carbonyl (C=O) groups excluding carboxylic acids is 1. The van der Waals surface area contributed by atoms with E-state index < -0.39 is 0 Å². The summed E-state index contributed by atoms with van der Waals surface area (Å²) in [4.78, 5) is 17.7. The fourth-order valence-corrected chi connectivity index (χ4v) is 3.30. The Morgan fingerprint density at radius 1 is 1.10 bits per heavy atom. The van der Waals surface area contributed by atoms with Crippen LogP contribution >= 0.6 is 0 Å². The number of nitrogens with zero attached hydrogens (tertiary/aromatic N) is 2. The Labute approximate surface area is 180 Å². The molecule has 0 spiro atoms. The van der Waals surface area contributed by atoms with E-state index in [1.54, 1.807) is 12.1 Å². The molecule has 0 aliphatic carbocycles. The predicted octanol–water partition coefficient (Wildman–Crippen LogP) is 5.27. The number of ether oxygens (including phenoxy) is 1. The number of pyridine rings is 1.